The van der Waals surface area contributed by atoms with Gasteiger partial charge in [0.25, 0.3) is 0 Å². The number of aromatic hydroxyl groups is 2. The lowest BCUT2D eigenvalue weighted by Crippen LogP contribution is -2.33. The molecule has 0 unspecified atom stereocenters. The van der Waals surface area contributed by atoms with E-state index in [1.54, 1.807) is 35.7 Å². The van der Waals surface area contributed by atoms with E-state index >= 15 is 0 Å². The first-order valence-electron chi connectivity index (χ1n) is 12.3. The molecule has 36 heavy (non-hydrogen) atoms. The Bertz CT molecular complexity index is 773. The minimum Gasteiger partial charge on any atom is -0.507 e. The summed E-state index contributed by atoms with van der Waals surface area (Å²) in [5.74, 6) is 2.10. The van der Waals surface area contributed by atoms with Gasteiger partial charge in [-0.2, -0.15) is 0 Å². The molecule has 1 heterocycles. The Hall–Kier alpha value is -1.50. The van der Waals surface area contributed by atoms with Gasteiger partial charge in [-0.25, -0.2) is 0 Å². The number of rotatable bonds is 6. The maximum atomic E-state index is 10.0. The van der Waals surface area contributed by atoms with Gasteiger partial charge in [-0.1, -0.05) is 24.3 Å². The number of phenolic OH excluding ortho intramolecular Hbond substituents is 2. The third-order valence-corrected chi connectivity index (χ3v) is 7.79. The van der Waals surface area contributed by atoms with Gasteiger partial charge in [0.15, 0.2) is 0 Å². The lowest BCUT2D eigenvalue weighted by atomic mass is 10.3. The molecule has 2 aromatic rings. The van der Waals surface area contributed by atoms with E-state index in [4.69, 9.17) is 18.9 Å². The second kappa shape index (κ2) is 17.9. The van der Waals surface area contributed by atoms with E-state index in [1.165, 1.54) is 0 Å². The van der Waals surface area contributed by atoms with E-state index in [9.17, 15) is 10.2 Å². The molecule has 0 atom stereocenters. The number of phenols is 2. The quantitative estimate of drug-likeness (QED) is 0.533. The van der Waals surface area contributed by atoms with Gasteiger partial charge in [-0.3, -0.25) is 9.80 Å². The van der Waals surface area contributed by atoms with Crippen molar-refractivity contribution < 1.29 is 29.2 Å². The zero-order chi connectivity index (χ0) is 25.3. The molecule has 2 N–H and O–H groups in total. The van der Waals surface area contributed by atoms with E-state index in [0.29, 0.717) is 64.4 Å². The fourth-order valence-corrected chi connectivity index (χ4v) is 5.32. The van der Waals surface area contributed by atoms with E-state index in [1.807, 2.05) is 36.4 Å². The SMILES string of the molecule is Oc1ccccc1SCN1CCOCCOCCN(CSc2ccccc2O)CCOCCOCC1. The average molecular weight is 539 g/mol. The molecule has 0 radical (unpaired) electrons. The van der Waals surface area contributed by atoms with Crippen LogP contribution in [0.1, 0.15) is 0 Å². The highest BCUT2D eigenvalue weighted by Crippen LogP contribution is 2.29. The fourth-order valence-electron chi connectivity index (χ4n) is 3.38. The Kier molecular flexibility index (Phi) is 14.4. The summed E-state index contributed by atoms with van der Waals surface area (Å²) < 4.78 is 23.2. The van der Waals surface area contributed by atoms with Crippen molar-refractivity contribution in [3.05, 3.63) is 48.5 Å². The van der Waals surface area contributed by atoms with E-state index in [0.717, 1.165) is 47.7 Å². The van der Waals surface area contributed by atoms with Crippen LogP contribution in [0.2, 0.25) is 0 Å². The minimum absolute atomic E-state index is 0.307. The van der Waals surface area contributed by atoms with Gasteiger partial charge in [0.1, 0.15) is 11.5 Å². The van der Waals surface area contributed by atoms with E-state index < -0.39 is 0 Å². The fraction of sp³-hybridized carbons (Fsp3) is 0.538. The van der Waals surface area contributed by atoms with Gasteiger partial charge in [-0.05, 0) is 24.3 Å². The van der Waals surface area contributed by atoms with Crippen LogP contribution in [-0.4, -0.2) is 111 Å². The molecule has 2 aromatic carbocycles. The van der Waals surface area contributed by atoms with Gasteiger partial charge in [-0.15, -0.1) is 23.5 Å². The largest absolute Gasteiger partial charge is 0.507 e. The third kappa shape index (κ3) is 11.7. The third-order valence-electron chi connectivity index (χ3n) is 5.49. The van der Waals surface area contributed by atoms with Crippen LogP contribution in [0, 0.1) is 0 Å². The van der Waals surface area contributed by atoms with Gasteiger partial charge < -0.3 is 29.2 Å². The number of hydrogen-bond acceptors (Lipinski definition) is 10. The van der Waals surface area contributed by atoms with Crippen molar-refractivity contribution in [2.24, 2.45) is 0 Å². The smallest absolute Gasteiger partial charge is 0.129 e. The summed E-state index contributed by atoms with van der Waals surface area (Å²) in [6, 6.07) is 14.8. The van der Waals surface area contributed by atoms with Crippen LogP contribution in [0.15, 0.2) is 58.3 Å². The Balaban J connectivity index is 1.41. The molecule has 0 aliphatic carbocycles. The van der Waals surface area contributed by atoms with Crippen LogP contribution < -0.4 is 0 Å². The number of ether oxygens (including phenoxy) is 4. The highest BCUT2D eigenvalue weighted by molar-refractivity contribution is 7.99. The molecule has 0 amide bonds. The van der Waals surface area contributed by atoms with Gasteiger partial charge in [0.05, 0.1) is 62.6 Å². The van der Waals surface area contributed by atoms with Crippen molar-refractivity contribution >= 4 is 23.5 Å². The molecule has 10 heteroatoms. The van der Waals surface area contributed by atoms with Crippen molar-refractivity contribution in [1.29, 1.82) is 0 Å². The van der Waals surface area contributed by atoms with Crippen LogP contribution in [0.4, 0.5) is 0 Å². The van der Waals surface area contributed by atoms with Crippen LogP contribution in [0.3, 0.4) is 0 Å². The van der Waals surface area contributed by atoms with Gasteiger partial charge in [0, 0.05) is 37.9 Å². The summed E-state index contributed by atoms with van der Waals surface area (Å²) in [5, 5.41) is 20.0. The topological polar surface area (TPSA) is 83.9 Å². The monoisotopic (exact) mass is 538 g/mol. The molecule has 1 aliphatic heterocycles. The number of para-hydroxylation sites is 2. The molecule has 1 fully saturated rings. The van der Waals surface area contributed by atoms with Crippen molar-refractivity contribution in [3.63, 3.8) is 0 Å². The van der Waals surface area contributed by atoms with Crippen molar-refractivity contribution in [2.75, 3.05) is 90.8 Å². The standard InChI is InChI=1S/C26H38N2O6S2/c29-23-5-1-3-7-25(23)35-21-27-9-13-31-17-19-33-15-11-28(12-16-34-20-18-32-14-10-27)22-36-26-8-4-2-6-24(26)30/h1-8,29-30H,9-22H2. The molecule has 0 spiro atoms. The van der Waals surface area contributed by atoms with Gasteiger partial charge >= 0.3 is 0 Å². The van der Waals surface area contributed by atoms with Crippen molar-refractivity contribution in [1.82, 2.24) is 9.80 Å². The van der Waals surface area contributed by atoms with Crippen LogP contribution >= 0.6 is 23.5 Å². The Morgan fingerprint density at radius 3 is 1.19 bits per heavy atom. The summed E-state index contributed by atoms with van der Waals surface area (Å²) >= 11 is 3.22. The Labute approximate surface area is 222 Å². The molecule has 1 aliphatic rings. The maximum absolute atomic E-state index is 10.0. The summed E-state index contributed by atoms with van der Waals surface area (Å²) in [6.07, 6.45) is 0. The molecule has 1 saturated heterocycles. The highest BCUT2D eigenvalue weighted by atomic mass is 32.2. The Morgan fingerprint density at radius 1 is 0.528 bits per heavy atom. The normalized spacial score (nSPS) is 18.9. The molecular weight excluding hydrogens is 500 g/mol. The first-order chi connectivity index (χ1) is 17.7. The van der Waals surface area contributed by atoms with Crippen molar-refractivity contribution in [3.8, 4) is 11.5 Å². The summed E-state index contributed by atoms with van der Waals surface area (Å²) in [6.45, 7) is 7.73. The molecule has 3 rings (SSSR count). The van der Waals surface area contributed by atoms with E-state index in [2.05, 4.69) is 9.80 Å². The Morgan fingerprint density at radius 2 is 0.861 bits per heavy atom. The molecule has 0 aromatic heterocycles. The zero-order valence-electron chi connectivity index (χ0n) is 20.8. The highest BCUT2D eigenvalue weighted by Gasteiger charge is 2.10. The number of thioether (sulfide) groups is 2. The molecule has 200 valence electrons. The second-order valence-electron chi connectivity index (χ2n) is 8.17. The predicted octanol–water partition coefficient (Wildman–Crippen LogP) is 3.58. The van der Waals surface area contributed by atoms with E-state index in [-0.39, 0.29) is 0 Å². The lowest BCUT2D eigenvalue weighted by Gasteiger charge is -2.23. The first kappa shape index (κ1) is 29.1. The van der Waals surface area contributed by atoms with Gasteiger partial charge in [0.2, 0.25) is 0 Å². The van der Waals surface area contributed by atoms with Crippen LogP contribution in [0.25, 0.3) is 0 Å². The van der Waals surface area contributed by atoms with Crippen LogP contribution in [0.5, 0.6) is 11.5 Å². The molecule has 0 saturated carbocycles. The molecule has 8 nitrogen and oxygen atoms in total. The number of hydrogen-bond donors (Lipinski definition) is 2. The molecule has 0 bridgehead atoms. The summed E-state index contributed by atoms with van der Waals surface area (Å²) in [4.78, 5) is 6.27. The lowest BCUT2D eigenvalue weighted by molar-refractivity contribution is 0.0124. The average Bonchev–Trinajstić information content (AvgIpc) is 2.88. The number of nitrogens with zero attached hydrogens (tertiary/aromatic N) is 2. The minimum atomic E-state index is 0.307. The zero-order valence-corrected chi connectivity index (χ0v) is 22.4. The summed E-state index contributed by atoms with van der Waals surface area (Å²) in [5.41, 5.74) is 0. The van der Waals surface area contributed by atoms with Crippen LogP contribution in [-0.2, 0) is 18.9 Å². The second-order valence-corrected chi connectivity index (χ2v) is 10.1. The predicted molar refractivity (Wildman–Crippen MR) is 144 cm³/mol. The maximum Gasteiger partial charge on any atom is 0.129 e. The first-order valence-corrected chi connectivity index (χ1v) is 14.3. The number of benzene rings is 2. The molecular formula is C26H38N2O6S2. The summed E-state index contributed by atoms with van der Waals surface area (Å²) in [7, 11) is 0. The van der Waals surface area contributed by atoms with Crippen molar-refractivity contribution in [2.45, 2.75) is 9.79 Å².